The molecule has 0 unspecified atom stereocenters. The number of hydrogen-bond donors (Lipinski definition) is 3. The third-order valence-corrected chi connectivity index (χ3v) is 6.44. The van der Waals surface area contributed by atoms with E-state index >= 15 is 0 Å². The van der Waals surface area contributed by atoms with Crippen LogP contribution in [0.5, 0.6) is 5.75 Å². The fourth-order valence-electron chi connectivity index (χ4n) is 4.06. The molecule has 1 aliphatic rings. The lowest BCUT2D eigenvalue weighted by Crippen LogP contribution is -2.32. The largest absolute Gasteiger partial charge is 0.507 e. The number of nitrogens with zero attached hydrogens (tertiary/aromatic N) is 2. The van der Waals surface area contributed by atoms with Crippen molar-refractivity contribution >= 4 is 29.2 Å². The number of rotatable bonds is 7. The molecule has 182 valence electrons. The second-order valence-corrected chi connectivity index (χ2v) is 9.18. The zero-order valence-electron chi connectivity index (χ0n) is 19.4. The number of phenols is 1. The second-order valence-electron chi connectivity index (χ2n) is 8.77. The van der Waals surface area contributed by atoms with E-state index in [4.69, 9.17) is 11.6 Å². The topological polar surface area (TPSA) is 96.3 Å². The van der Waals surface area contributed by atoms with Crippen LogP contribution in [0, 0.1) is 0 Å². The van der Waals surface area contributed by atoms with Gasteiger partial charge in [-0.25, -0.2) is 4.79 Å². The number of aromatic hydroxyl groups is 1. The number of anilines is 1. The lowest BCUT2D eigenvalue weighted by atomic mass is 10.1. The summed E-state index contributed by atoms with van der Waals surface area (Å²) in [6.07, 6.45) is 2.73. The summed E-state index contributed by atoms with van der Waals surface area (Å²) in [4.78, 5) is 25.5. The number of halogens is 1. The van der Waals surface area contributed by atoms with Crippen LogP contribution in [0.3, 0.4) is 0 Å². The second kappa shape index (κ2) is 10.3. The molecular formula is C28H25ClN4O3. The summed E-state index contributed by atoms with van der Waals surface area (Å²) in [7, 11) is 0. The van der Waals surface area contributed by atoms with Crippen molar-refractivity contribution in [1.29, 1.82) is 0 Å². The highest BCUT2D eigenvalue weighted by Gasteiger charge is 2.30. The Morgan fingerprint density at radius 2 is 1.75 bits per heavy atom. The van der Waals surface area contributed by atoms with E-state index in [1.165, 1.54) is 10.7 Å². The lowest BCUT2D eigenvalue weighted by Gasteiger charge is -2.09. The van der Waals surface area contributed by atoms with Gasteiger partial charge in [-0.05, 0) is 55.2 Å². The Morgan fingerprint density at radius 1 is 1.00 bits per heavy atom. The molecule has 0 spiro atoms. The highest BCUT2D eigenvalue weighted by atomic mass is 35.5. The summed E-state index contributed by atoms with van der Waals surface area (Å²) in [5.74, 6) is -0.147. The molecule has 0 aliphatic heterocycles. The summed E-state index contributed by atoms with van der Waals surface area (Å²) >= 11 is 6.10. The molecule has 1 heterocycles. The van der Waals surface area contributed by atoms with E-state index < -0.39 is 0 Å². The maximum atomic E-state index is 12.9. The standard InChI is InChI=1S/C28H25ClN4O3/c29-23-9-5-4-8-21(23)27(35)31-20-12-13-22(26(34)16-20)24-17-25(19-10-11-19)33(32-24)28(36)30-15-14-18-6-2-1-3-7-18/h1-9,12-13,16-17,19,34H,10-11,14-15H2,(H,30,36)(H,31,35). The maximum Gasteiger partial charge on any atom is 0.342 e. The van der Waals surface area contributed by atoms with Crippen LogP contribution in [-0.2, 0) is 6.42 Å². The number of amides is 2. The van der Waals surface area contributed by atoms with Gasteiger partial charge in [0.1, 0.15) is 5.75 Å². The molecule has 2 amide bonds. The van der Waals surface area contributed by atoms with Gasteiger partial charge in [0, 0.05) is 29.8 Å². The van der Waals surface area contributed by atoms with Crippen LogP contribution < -0.4 is 10.6 Å². The number of benzene rings is 3. The summed E-state index contributed by atoms with van der Waals surface area (Å²) in [5, 5.41) is 21.3. The SMILES string of the molecule is O=C(Nc1ccc(-c2cc(C3CC3)n(C(=O)NCCc3ccccc3)n2)c(O)c1)c1ccccc1Cl. The van der Waals surface area contributed by atoms with Gasteiger partial charge in [0.25, 0.3) is 5.91 Å². The first-order valence-corrected chi connectivity index (χ1v) is 12.2. The molecule has 0 atom stereocenters. The van der Waals surface area contributed by atoms with E-state index in [0.717, 1.165) is 30.5 Å². The Balaban J connectivity index is 1.31. The van der Waals surface area contributed by atoms with Gasteiger partial charge >= 0.3 is 6.03 Å². The highest BCUT2D eigenvalue weighted by Crippen LogP contribution is 2.42. The van der Waals surface area contributed by atoms with Crippen LogP contribution >= 0.6 is 11.6 Å². The molecule has 0 bridgehead atoms. The van der Waals surface area contributed by atoms with Crippen molar-refractivity contribution in [1.82, 2.24) is 15.1 Å². The van der Waals surface area contributed by atoms with Crippen molar-refractivity contribution in [2.75, 3.05) is 11.9 Å². The van der Waals surface area contributed by atoms with Gasteiger partial charge in [-0.2, -0.15) is 9.78 Å². The van der Waals surface area contributed by atoms with Crippen molar-refractivity contribution in [2.24, 2.45) is 0 Å². The van der Waals surface area contributed by atoms with Gasteiger partial charge in [-0.15, -0.1) is 0 Å². The number of phenolic OH excluding ortho intramolecular Hbond substituents is 1. The minimum atomic E-state index is -0.375. The Kier molecular flexibility index (Phi) is 6.73. The van der Waals surface area contributed by atoms with Crippen LogP contribution in [0.4, 0.5) is 10.5 Å². The van der Waals surface area contributed by atoms with Crippen molar-refractivity contribution in [2.45, 2.75) is 25.2 Å². The van der Waals surface area contributed by atoms with Gasteiger partial charge in [0.05, 0.1) is 22.0 Å². The summed E-state index contributed by atoms with van der Waals surface area (Å²) in [5.41, 5.74) is 3.71. The van der Waals surface area contributed by atoms with Gasteiger partial charge in [-0.1, -0.05) is 54.1 Å². The lowest BCUT2D eigenvalue weighted by molar-refractivity contribution is 0.102. The predicted octanol–water partition coefficient (Wildman–Crippen LogP) is 5.84. The number of aromatic nitrogens is 2. The zero-order chi connectivity index (χ0) is 25.1. The minimum Gasteiger partial charge on any atom is -0.507 e. The molecule has 1 saturated carbocycles. The van der Waals surface area contributed by atoms with E-state index in [9.17, 15) is 14.7 Å². The number of hydrogen-bond acceptors (Lipinski definition) is 4. The minimum absolute atomic E-state index is 0.0524. The predicted molar refractivity (Wildman–Crippen MR) is 140 cm³/mol. The van der Waals surface area contributed by atoms with E-state index in [1.807, 2.05) is 36.4 Å². The first-order chi connectivity index (χ1) is 17.5. The fourth-order valence-corrected chi connectivity index (χ4v) is 4.28. The average Bonchev–Trinajstić information content (AvgIpc) is 3.63. The molecule has 5 rings (SSSR count). The summed E-state index contributed by atoms with van der Waals surface area (Å²) < 4.78 is 1.41. The summed E-state index contributed by atoms with van der Waals surface area (Å²) in [6, 6.07) is 23.1. The first-order valence-electron chi connectivity index (χ1n) is 11.8. The smallest absolute Gasteiger partial charge is 0.342 e. The Morgan fingerprint density at radius 3 is 2.47 bits per heavy atom. The van der Waals surface area contributed by atoms with Crippen molar-refractivity contribution in [3.8, 4) is 17.0 Å². The highest BCUT2D eigenvalue weighted by molar-refractivity contribution is 6.34. The number of carbonyl (C=O) groups excluding carboxylic acids is 2. The van der Waals surface area contributed by atoms with Gasteiger partial charge in [0.2, 0.25) is 0 Å². The van der Waals surface area contributed by atoms with Crippen molar-refractivity contribution in [3.05, 3.63) is 101 Å². The summed E-state index contributed by atoms with van der Waals surface area (Å²) in [6.45, 7) is 0.493. The molecule has 1 aromatic heterocycles. The van der Waals surface area contributed by atoms with Crippen LogP contribution in [0.15, 0.2) is 78.9 Å². The molecule has 1 fully saturated rings. The average molecular weight is 501 g/mol. The molecule has 0 radical (unpaired) electrons. The van der Waals surface area contributed by atoms with Crippen LogP contribution in [0.25, 0.3) is 11.3 Å². The van der Waals surface area contributed by atoms with Gasteiger partial charge in [0.15, 0.2) is 0 Å². The molecule has 8 heteroatoms. The molecule has 3 N–H and O–H groups in total. The normalized spacial score (nSPS) is 12.8. The van der Waals surface area contributed by atoms with E-state index in [1.54, 1.807) is 36.4 Å². The third kappa shape index (κ3) is 5.26. The molecule has 36 heavy (non-hydrogen) atoms. The quantitative estimate of drug-likeness (QED) is 0.297. The fraction of sp³-hybridized carbons (Fsp3) is 0.179. The van der Waals surface area contributed by atoms with Crippen molar-refractivity contribution < 1.29 is 14.7 Å². The molecule has 4 aromatic rings. The Hall–Kier alpha value is -4.10. The number of nitrogens with one attached hydrogen (secondary N) is 2. The van der Waals surface area contributed by atoms with Crippen LogP contribution in [-0.4, -0.2) is 33.4 Å². The van der Waals surface area contributed by atoms with Gasteiger partial charge < -0.3 is 15.7 Å². The molecule has 0 saturated heterocycles. The van der Waals surface area contributed by atoms with Crippen LogP contribution in [0.1, 0.15) is 40.4 Å². The van der Waals surface area contributed by atoms with E-state index in [2.05, 4.69) is 15.7 Å². The number of carbonyl (C=O) groups is 2. The Labute approximate surface area is 213 Å². The molecular weight excluding hydrogens is 476 g/mol. The maximum absolute atomic E-state index is 12.9. The monoisotopic (exact) mass is 500 g/mol. The van der Waals surface area contributed by atoms with Gasteiger partial charge in [-0.3, -0.25) is 4.79 Å². The molecule has 1 aliphatic carbocycles. The Bertz CT molecular complexity index is 1410. The third-order valence-electron chi connectivity index (χ3n) is 6.11. The molecule has 7 nitrogen and oxygen atoms in total. The molecule has 3 aromatic carbocycles. The van der Waals surface area contributed by atoms with E-state index in [0.29, 0.717) is 34.1 Å². The first kappa shape index (κ1) is 23.6. The van der Waals surface area contributed by atoms with Crippen molar-refractivity contribution in [3.63, 3.8) is 0 Å². The van der Waals surface area contributed by atoms with E-state index in [-0.39, 0.29) is 23.6 Å². The van der Waals surface area contributed by atoms with Crippen LogP contribution in [0.2, 0.25) is 5.02 Å². The zero-order valence-corrected chi connectivity index (χ0v) is 20.2.